The van der Waals surface area contributed by atoms with E-state index in [1.54, 1.807) is 0 Å². The van der Waals surface area contributed by atoms with E-state index in [0.29, 0.717) is 19.3 Å². The van der Waals surface area contributed by atoms with Crippen molar-refractivity contribution in [2.75, 3.05) is 38.8 Å². The molecular weight excluding hydrogens is 688 g/mol. The summed E-state index contributed by atoms with van der Waals surface area (Å²) < 4.78 is 125. The van der Waals surface area contributed by atoms with Crippen LogP contribution in [-0.4, -0.2) is 59.1 Å². The van der Waals surface area contributed by atoms with E-state index in [-0.39, 0.29) is 45.9 Å². The van der Waals surface area contributed by atoms with Crippen LogP contribution >= 0.6 is 15.9 Å². The van der Waals surface area contributed by atoms with Crippen LogP contribution in [0.4, 0.5) is 41.1 Å². The average molecular weight is 715 g/mol. The number of nitrogens with zero attached hydrogens (tertiary/aromatic N) is 4. The lowest BCUT2D eigenvalue weighted by Gasteiger charge is -2.29. The Labute approximate surface area is 259 Å². The van der Waals surface area contributed by atoms with Crippen LogP contribution < -0.4 is 10.6 Å². The van der Waals surface area contributed by atoms with Gasteiger partial charge in [0, 0.05) is 38.8 Å². The topological polar surface area (TPSA) is 103 Å². The van der Waals surface area contributed by atoms with Gasteiger partial charge in [0.15, 0.2) is 0 Å². The lowest BCUT2D eigenvalue weighted by Crippen LogP contribution is -2.37. The fraction of sp³-hybridized carbons (Fsp3) is 0.481. The molecule has 0 saturated carbocycles. The molecule has 1 aliphatic rings. The average Bonchev–Trinajstić information content (AvgIpc) is 3.35. The van der Waals surface area contributed by atoms with Crippen molar-refractivity contribution in [3.63, 3.8) is 0 Å². The summed E-state index contributed by atoms with van der Waals surface area (Å²) in [6.45, 7) is 0.0734. The van der Waals surface area contributed by atoms with Crippen LogP contribution in [0.15, 0.2) is 28.9 Å². The molecule has 1 aliphatic carbocycles. The van der Waals surface area contributed by atoms with E-state index >= 15 is 0 Å². The van der Waals surface area contributed by atoms with Crippen LogP contribution in [0.1, 0.15) is 53.5 Å². The van der Waals surface area contributed by atoms with Crippen LogP contribution in [0.5, 0.6) is 0 Å². The molecule has 45 heavy (non-hydrogen) atoms. The van der Waals surface area contributed by atoms with Gasteiger partial charge in [0.2, 0.25) is 11.9 Å². The van der Waals surface area contributed by atoms with Crippen LogP contribution in [0.25, 0.3) is 0 Å². The van der Waals surface area contributed by atoms with E-state index in [1.807, 2.05) is 0 Å². The molecule has 0 bridgehead atoms. The van der Waals surface area contributed by atoms with Crippen molar-refractivity contribution in [1.82, 2.24) is 25.1 Å². The Balaban J connectivity index is 1.63. The molecule has 1 unspecified atom stereocenters. The molecule has 4 rings (SSSR count). The molecule has 246 valence electrons. The predicted octanol–water partition coefficient (Wildman–Crippen LogP) is 5.80. The first-order chi connectivity index (χ1) is 21.2. The number of fused-ring (bicyclic) bond motifs is 1. The number of aromatic nitrogens is 4. The highest BCUT2D eigenvalue weighted by molar-refractivity contribution is 9.10. The Kier molecular flexibility index (Phi) is 11.0. The number of amides is 1. The van der Waals surface area contributed by atoms with Crippen LogP contribution in [0.3, 0.4) is 0 Å². The predicted molar refractivity (Wildman–Crippen MR) is 146 cm³/mol. The number of methoxy groups -OCH3 is 1. The van der Waals surface area contributed by atoms with Gasteiger partial charge in [-0.2, -0.15) is 13.9 Å². The van der Waals surface area contributed by atoms with E-state index < -0.39 is 78.2 Å². The van der Waals surface area contributed by atoms with Crippen LogP contribution in [0, 0.1) is 11.6 Å². The zero-order valence-corrected chi connectivity index (χ0v) is 25.1. The number of carbonyl (C=O) groups is 1. The third-order valence-corrected chi connectivity index (χ3v) is 7.32. The lowest BCUT2D eigenvalue weighted by molar-refractivity contribution is -0.123. The molecule has 9 nitrogen and oxygen atoms in total. The monoisotopic (exact) mass is 714 g/mol. The van der Waals surface area contributed by atoms with Crippen molar-refractivity contribution in [1.29, 1.82) is 0 Å². The molecule has 2 aromatic heterocycles. The Morgan fingerprint density at radius 1 is 1.04 bits per heavy atom. The maximum atomic E-state index is 14.8. The maximum absolute atomic E-state index is 14.8. The maximum Gasteiger partial charge on any atom is 0.290 e. The van der Waals surface area contributed by atoms with Gasteiger partial charge in [0.1, 0.15) is 29.6 Å². The van der Waals surface area contributed by atoms with E-state index in [0.717, 1.165) is 12.1 Å². The van der Waals surface area contributed by atoms with Gasteiger partial charge in [-0.05, 0) is 40.0 Å². The van der Waals surface area contributed by atoms with Crippen molar-refractivity contribution >= 4 is 27.8 Å². The minimum absolute atomic E-state index is 0.0620. The fourth-order valence-electron chi connectivity index (χ4n) is 4.78. The van der Waals surface area contributed by atoms with Crippen LogP contribution in [-0.2, 0) is 39.1 Å². The molecule has 1 aromatic carbocycles. The van der Waals surface area contributed by atoms with Crippen molar-refractivity contribution < 1.29 is 49.4 Å². The lowest BCUT2D eigenvalue weighted by atomic mass is 9.89. The summed E-state index contributed by atoms with van der Waals surface area (Å²) in [7, 11) is 1.52. The molecule has 0 radical (unpaired) electrons. The Morgan fingerprint density at radius 2 is 1.73 bits per heavy atom. The SMILES string of the molecule is COCCOCCNc1ncc(Br)c(C(Cc2cc(F)cc(F)c2)NC(=O)Cn2nc(C(F)F)c3c2C(F)(F)CCC3(F)F)n1. The first-order valence-corrected chi connectivity index (χ1v) is 14.2. The normalized spacial score (nSPS) is 16.0. The number of ether oxygens (including phenoxy) is 2. The first-order valence-electron chi connectivity index (χ1n) is 13.4. The number of hydrogen-bond acceptors (Lipinski definition) is 7. The van der Waals surface area contributed by atoms with Gasteiger partial charge in [0.05, 0.1) is 41.6 Å². The Hall–Kier alpha value is -3.38. The van der Waals surface area contributed by atoms with Gasteiger partial charge in [-0.25, -0.2) is 36.3 Å². The van der Waals surface area contributed by atoms with Gasteiger partial charge in [-0.3, -0.25) is 9.48 Å². The van der Waals surface area contributed by atoms with E-state index in [9.17, 15) is 39.9 Å². The summed E-state index contributed by atoms with van der Waals surface area (Å²) in [6.07, 6.45) is -5.31. The third kappa shape index (κ3) is 8.46. The molecule has 2 N–H and O–H groups in total. The number of halogens is 9. The second kappa shape index (κ2) is 14.4. The summed E-state index contributed by atoms with van der Waals surface area (Å²) in [6, 6.07) is 1.41. The number of rotatable bonds is 14. The largest absolute Gasteiger partial charge is 0.382 e. The zero-order chi connectivity index (χ0) is 32.9. The highest BCUT2D eigenvalue weighted by Gasteiger charge is 2.55. The second-order valence-electron chi connectivity index (χ2n) is 10.0. The number of hydrogen-bond donors (Lipinski definition) is 2. The molecule has 18 heteroatoms. The van der Waals surface area contributed by atoms with Crippen molar-refractivity contribution in [3.8, 4) is 0 Å². The standard InChI is InChI=1S/C27H27BrF8N6O3/c1-44-6-7-45-5-4-37-25-38-12-17(28)21(40-25)18(10-14-8-15(29)11-16(30)9-14)39-19(43)13-42-23-20(22(41-42)24(31)32)26(33,34)2-3-27(23,35)36/h8-9,11-12,18,24H,2-7,10,13H2,1H3,(H,39,43)(H,37,38,40). The third-order valence-electron chi connectivity index (χ3n) is 6.70. The number of carbonyl (C=O) groups excluding carboxylic acids is 1. The molecule has 2 heterocycles. The highest BCUT2D eigenvalue weighted by Crippen LogP contribution is 2.52. The summed E-state index contributed by atoms with van der Waals surface area (Å²) in [4.78, 5) is 21.7. The van der Waals surface area contributed by atoms with Gasteiger partial charge < -0.3 is 20.1 Å². The van der Waals surface area contributed by atoms with Gasteiger partial charge >= 0.3 is 0 Å². The molecule has 0 spiro atoms. The highest BCUT2D eigenvalue weighted by atomic mass is 79.9. The summed E-state index contributed by atoms with van der Waals surface area (Å²) in [5.74, 6) is -10.9. The number of nitrogens with one attached hydrogen (secondary N) is 2. The molecule has 1 amide bonds. The Morgan fingerprint density at radius 3 is 2.40 bits per heavy atom. The number of anilines is 1. The van der Waals surface area contributed by atoms with Gasteiger partial charge in [-0.1, -0.05) is 0 Å². The molecule has 0 fully saturated rings. The van der Waals surface area contributed by atoms with Crippen molar-refractivity contribution in [3.05, 3.63) is 68.7 Å². The Bertz CT molecular complexity index is 1490. The van der Waals surface area contributed by atoms with Crippen molar-refractivity contribution in [2.45, 2.75) is 50.1 Å². The second-order valence-corrected chi connectivity index (χ2v) is 10.9. The number of benzene rings is 1. The molecule has 0 saturated heterocycles. The quantitative estimate of drug-likeness (QED) is 0.161. The zero-order valence-electron chi connectivity index (χ0n) is 23.5. The summed E-state index contributed by atoms with van der Waals surface area (Å²) >= 11 is 3.26. The van der Waals surface area contributed by atoms with E-state index in [4.69, 9.17) is 9.47 Å². The van der Waals surface area contributed by atoms with Crippen molar-refractivity contribution in [2.24, 2.45) is 0 Å². The first kappa shape index (κ1) is 34.5. The van der Waals surface area contributed by atoms with Crippen LogP contribution in [0.2, 0.25) is 0 Å². The van der Waals surface area contributed by atoms with E-state index in [1.165, 1.54) is 13.3 Å². The minimum atomic E-state index is -4.02. The number of alkyl halides is 6. The molecule has 0 aliphatic heterocycles. The smallest absolute Gasteiger partial charge is 0.290 e. The summed E-state index contributed by atoms with van der Waals surface area (Å²) in [5, 5.41) is 8.66. The summed E-state index contributed by atoms with van der Waals surface area (Å²) in [5.41, 5.74) is -4.48. The molecule has 3 aromatic rings. The molecule has 1 atom stereocenters. The fourth-order valence-corrected chi connectivity index (χ4v) is 5.25. The van der Waals surface area contributed by atoms with Gasteiger partial charge in [-0.15, -0.1) is 0 Å². The van der Waals surface area contributed by atoms with E-state index in [2.05, 4.69) is 41.6 Å². The van der Waals surface area contributed by atoms with Gasteiger partial charge in [0.25, 0.3) is 18.3 Å². The molecular formula is C27H27BrF8N6O3. The minimum Gasteiger partial charge on any atom is -0.382 e.